The highest BCUT2D eigenvalue weighted by molar-refractivity contribution is 5.92. The monoisotopic (exact) mass is 406 g/mol. The van der Waals surface area contributed by atoms with E-state index in [0.717, 1.165) is 51.0 Å². The molecule has 0 bridgehead atoms. The SMILES string of the molecule is CC(C)CCn1cc(C(=O)N(Cc2ccccn2)C2CCCNCC2)nn1.Cl. The Balaban J connectivity index is 0.00000280. The summed E-state index contributed by atoms with van der Waals surface area (Å²) in [5.41, 5.74) is 1.32. The van der Waals surface area contributed by atoms with E-state index in [9.17, 15) is 4.79 Å². The molecule has 1 N–H and O–H groups in total. The van der Waals surface area contributed by atoms with Crippen LogP contribution in [0, 0.1) is 5.92 Å². The molecule has 7 nitrogen and oxygen atoms in total. The number of aryl methyl sites for hydroxylation is 1. The van der Waals surface area contributed by atoms with Gasteiger partial charge in [0.05, 0.1) is 18.4 Å². The molecule has 154 valence electrons. The number of nitrogens with one attached hydrogen (secondary N) is 1. The molecule has 0 spiro atoms. The first kappa shape index (κ1) is 22.3. The zero-order valence-electron chi connectivity index (χ0n) is 16.8. The lowest BCUT2D eigenvalue weighted by Crippen LogP contribution is -2.40. The third kappa shape index (κ3) is 6.27. The number of hydrogen-bond acceptors (Lipinski definition) is 5. The number of nitrogens with zero attached hydrogens (tertiary/aromatic N) is 5. The summed E-state index contributed by atoms with van der Waals surface area (Å²) in [6, 6.07) is 6.01. The third-order valence-corrected chi connectivity index (χ3v) is 5.00. The van der Waals surface area contributed by atoms with Gasteiger partial charge in [-0.15, -0.1) is 17.5 Å². The molecule has 3 rings (SSSR count). The van der Waals surface area contributed by atoms with Crippen LogP contribution in [-0.4, -0.2) is 49.9 Å². The molecule has 1 atom stereocenters. The average Bonchev–Trinajstić information content (AvgIpc) is 2.99. The first-order valence-electron chi connectivity index (χ1n) is 9.95. The Bertz CT molecular complexity index is 712. The fraction of sp³-hybridized carbons (Fsp3) is 0.600. The van der Waals surface area contributed by atoms with Gasteiger partial charge in [0, 0.05) is 18.8 Å². The molecule has 0 aliphatic carbocycles. The molecule has 28 heavy (non-hydrogen) atoms. The highest BCUT2D eigenvalue weighted by atomic mass is 35.5. The molecule has 1 aliphatic rings. The van der Waals surface area contributed by atoms with Crippen molar-refractivity contribution < 1.29 is 4.79 Å². The Morgan fingerprint density at radius 1 is 1.32 bits per heavy atom. The molecule has 2 aromatic heterocycles. The summed E-state index contributed by atoms with van der Waals surface area (Å²) in [7, 11) is 0. The number of rotatable bonds is 7. The lowest BCUT2D eigenvalue weighted by atomic mass is 10.1. The third-order valence-electron chi connectivity index (χ3n) is 5.00. The van der Waals surface area contributed by atoms with Crippen LogP contribution in [0.4, 0.5) is 0 Å². The van der Waals surface area contributed by atoms with E-state index in [1.165, 1.54) is 0 Å². The number of halogens is 1. The fourth-order valence-corrected chi connectivity index (χ4v) is 3.39. The number of aromatic nitrogens is 4. The maximum absolute atomic E-state index is 13.3. The molecule has 0 radical (unpaired) electrons. The van der Waals surface area contributed by atoms with Gasteiger partial charge in [-0.2, -0.15) is 0 Å². The van der Waals surface area contributed by atoms with E-state index in [2.05, 4.69) is 34.5 Å². The Hall–Kier alpha value is -1.99. The van der Waals surface area contributed by atoms with Gasteiger partial charge in [0.1, 0.15) is 0 Å². The van der Waals surface area contributed by atoms with Crippen LogP contribution in [0.3, 0.4) is 0 Å². The van der Waals surface area contributed by atoms with Crippen LogP contribution in [0.2, 0.25) is 0 Å². The van der Waals surface area contributed by atoms with Crippen LogP contribution in [0.1, 0.15) is 55.7 Å². The minimum atomic E-state index is -0.0525. The van der Waals surface area contributed by atoms with E-state index in [1.807, 2.05) is 23.1 Å². The minimum Gasteiger partial charge on any atom is -0.328 e. The molecule has 0 saturated carbocycles. The summed E-state index contributed by atoms with van der Waals surface area (Å²) < 4.78 is 1.78. The largest absolute Gasteiger partial charge is 0.328 e. The second-order valence-corrected chi connectivity index (χ2v) is 7.64. The molecule has 3 heterocycles. The average molecular weight is 407 g/mol. The topological polar surface area (TPSA) is 75.9 Å². The molecule has 1 saturated heterocycles. The van der Waals surface area contributed by atoms with Gasteiger partial charge in [0.25, 0.3) is 5.91 Å². The van der Waals surface area contributed by atoms with Gasteiger partial charge < -0.3 is 10.2 Å². The van der Waals surface area contributed by atoms with Gasteiger partial charge in [-0.05, 0) is 56.8 Å². The second-order valence-electron chi connectivity index (χ2n) is 7.64. The van der Waals surface area contributed by atoms with Gasteiger partial charge in [0.2, 0.25) is 0 Å². The van der Waals surface area contributed by atoms with Crippen molar-refractivity contribution in [3.05, 3.63) is 42.0 Å². The smallest absolute Gasteiger partial charge is 0.276 e. The van der Waals surface area contributed by atoms with Gasteiger partial charge in [-0.25, -0.2) is 0 Å². The highest BCUT2D eigenvalue weighted by Gasteiger charge is 2.27. The number of carbonyl (C=O) groups excluding carboxylic acids is 1. The Labute approximate surface area is 173 Å². The Morgan fingerprint density at radius 3 is 2.93 bits per heavy atom. The van der Waals surface area contributed by atoms with E-state index in [-0.39, 0.29) is 24.4 Å². The van der Waals surface area contributed by atoms with Crippen LogP contribution in [0.15, 0.2) is 30.6 Å². The first-order valence-corrected chi connectivity index (χ1v) is 9.95. The predicted octanol–water partition coefficient (Wildman–Crippen LogP) is 2.93. The molecule has 1 unspecified atom stereocenters. The lowest BCUT2D eigenvalue weighted by Gasteiger charge is -2.30. The first-order chi connectivity index (χ1) is 13.1. The minimum absolute atomic E-state index is 0. The molecule has 1 fully saturated rings. The summed E-state index contributed by atoms with van der Waals surface area (Å²) in [4.78, 5) is 19.6. The molecule has 2 aromatic rings. The van der Waals surface area contributed by atoms with E-state index in [0.29, 0.717) is 18.2 Å². The zero-order valence-corrected chi connectivity index (χ0v) is 17.6. The van der Waals surface area contributed by atoms with Crippen molar-refractivity contribution in [1.82, 2.24) is 30.2 Å². The van der Waals surface area contributed by atoms with Gasteiger partial charge in [-0.3, -0.25) is 14.5 Å². The zero-order chi connectivity index (χ0) is 19.1. The van der Waals surface area contributed by atoms with E-state index in [1.54, 1.807) is 17.1 Å². The van der Waals surface area contributed by atoms with Crippen molar-refractivity contribution in [3.8, 4) is 0 Å². The highest BCUT2D eigenvalue weighted by Crippen LogP contribution is 2.19. The van der Waals surface area contributed by atoms with Crippen molar-refractivity contribution in [3.63, 3.8) is 0 Å². The normalized spacial score (nSPS) is 17.0. The summed E-state index contributed by atoms with van der Waals surface area (Å²) in [6.45, 7) is 7.58. The quantitative estimate of drug-likeness (QED) is 0.765. The molecular formula is C20H31ClN6O. The van der Waals surface area contributed by atoms with Crippen molar-refractivity contribution in [1.29, 1.82) is 0 Å². The fourth-order valence-electron chi connectivity index (χ4n) is 3.39. The van der Waals surface area contributed by atoms with Crippen LogP contribution < -0.4 is 5.32 Å². The molecule has 0 aromatic carbocycles. The predicted molar refractivity (Wildman–Crippen MR) is 111 cm³/mol. The van der Waals surface area contributed by atoms with Gasteiger partial charge >= 0.3 is 0 Å². The standard InChI is InChI=1S/C20H30N6O.ClH/c1-16(2)9-13-25-15-19(23-24-25)20(27)26(14-17-6-3-4-11-22-17)18-7-5-10-21-12-8-18;/h3-4,6,11,15-16,18,21H,5,7-10,12-14H2,1-2H3;1H. The van der Waals surface area contributed by atoms with E-state index < -0.39 is 0 Å². The van der Waals surface area contributed by atoms with Gasteiger partial charge in [-0.1, -0.05) is 25.1 Å². The summed E-state index contributed by atoms with van der Waals surface area (Å²) in [5.74, 6) is 0.538. The summed E-state index contributed by atoms with van der Waals surface area (Å²) >= 11 is 0. The van der Waals surface area contributed by atoms with Crippen molar-refractivity contribution in [2.24, 2.45) is 5.92 Å². The Morgan fingerprint density at radius 2 is 2.18 bits per heavy atom. The van der Waals surface area contributed by atoms with Crippen molar-refractivity contribution >= 4 is 18.3 Å². The van der Waals surface area contributed by atoms with Crippen LogP contribution in [0.25, 0.3) is 0 Å². The van der Waals surface area contributed by atoms with Crippen molar-refractivity contribution in [2.45, 2.75) is 58.7 Å². The summed E-state index contributed by atoms with van der Waals surface area (Å²) in [5, 5.41) is 11.7. The maximum atomic E-state index is 13.3. The number of amides is 1. The maximum Gasteiger partial charge on any atom is 0.276 e. The van der Waals surface area contributed by atoms with Crippen LogP contribution in [-0.2, 0) is 13.1 Å². The molecule has 1 amide bonds. The number of carbonyl (C=O) groups is 1. The number of hydrogen-bond donors (Lipinski definition) is 1. The van der Waals surface area contributed by atoms with Gasteiger partial charge in [0.15, 0.2) is 5.69 Å². The molecule has 1 aliphatic heterocycles. The molecular weight excluding hydrogens is 376 g/mol. The van der Waals surface area contributed by atoms with Crippen LogP contribution in [0.5, 0.6) is 0 Å². The Kier molecular flexibility index (Phi) is 8.86. The molecule has 8 heteroatoms. The summed E-state index contributed by atoms with van der Waals surface area (Å²) in [6.07, 6.45) is 7.58. The van der Waals surface area contributed by atoms with Crippen LogP contribution >= 0.6 is 12.4 Å². The number of pyridine rings is 1. The van der Waals surface area contributed by atoms with E-state index in [4.69, 9.17) is 0 Å². The van der Waals surface area contributed by atoms with E-state index >= 15 is 0 Å². The lowest BCUT2D eigenvalue weighted by molar-refractivity contribution is 0.0636. The second kappa shape index (κ2) is 11.1. The van der Waals surface area contributed by atoms with Crippen molar-refractivity contribution in [2.75, 3.05) is 13.1 Å².